The van der Waals surface area contributed by atoms with E-state index in [4.69, 9.17) is 10.4 Å². The minimum absolute atomic E-state index is 0.596. The third-order valence-corrected chi connectivity index (χ3v) is 3.61. The van der Waals surface area contributed by atoms with Crippen molar-refractivity contribution in [3.8, 4) is 0 Å². The van der Waals surface area contributed by atoms with Gasteiger partial charge in [-0.15, -0.1) is 0 Å². The van der Waals surface area contributed by atoms with Crippen molar-refractivity contribution in [2.75, 3.05) is 37.2 Å². The van der Waals surface area contributed by atoms with Gasteiger partial charge in [0.05, 0.1) is 11.4 Å². The van der Waals surface area contributed by atoms with Crippen molar-refractivity contribution in [3.63, 3.8) is 0 Å². The van der Waals surface area contributed by atoms with Crippen molar-refractivity contribution in [1.82, 2.24) is 15.2 Å². The molecule has 1 aromatic carbocycles. The van der Waals surface area contributed by atoms with Crippen LogP contribution in [-0.2, 0) is 0 Å². The van der Waals surface area contributed by atoms with E-state index in [-0.39, 0.29) is 0 Å². The summed E-state index contributed by atoms with van der Waals surface area (Å²) in [5.41, 5.74) is 8.68. The zero-order valence-corrected chi connectivity index (χ0v) is 10.9. The summed E-state index contributed by atoms with van der Waals surface area (Å²) >= 11 is 0. The molecule has 19 heavy (non-hydrogen) atoms. The van der Waals surface area contributed by atoms with Crippen LogP contribution in [0.15, 0.2) is 16.8 Å². The Morgan fingerprint density at radius 2 is 2.00 bits per heavy atom. The van der Waals surface area contributed by atoms with Gasteiger partial charge >= 0.3 is 0 Å². The predicted octanol–water partition coefficient (Wildman–Crippen LogP) is 1.70. The highest BCUT2D eigenvalue weighted by Gasteiger charge is 2.11. The number of likely N-dealkylation sites (tertiary alicyclic amines) is 1. The molecule has 0 unspecified atom stereocenters. The van der Waals surface area contributed by atoms with E-state index in [0.717, 1.165) is 25.2 Å². The molecule has 1 saturated heterocycles. The molecule has 2 heterocycles. The molecule has 0 amide bonds. The van der Waals surface area contributed by atoms with E-state index in [9.17, 15) is 0 Å². The van der Waals surface area contributed by atoms with Gasteiger partial charge in [-0.3, -0.25) is 0 Å². The predicted molar refractivity (Wildman–Crippen MR) is 75.0 cm³/mol. The standard InChI is InChI=1S/C13H19N5O/c14-10-4-5-11(13-12(10)16-19-17-13)15-6-3-9-18-7-1-2-8-18/h4-5,15H,1-3,6-9,14H2. The van der Waals surface area contributed by atoms with E-state index in [2.05, 4.69) is 20.5 Å². The van der Waals surface area contributed by atoms with Gasteiger partial charge in [0.25, 0.3) is 0 Å². The lowest BCUT2D eigenvalue weighted by molar-refractivity contribution is 0.315. The van der Waals surface area contributed by atoms with E-state index in [1.54, 1.807) is 0 Å². The van der Waals surface area contributed by atoms with Crippen LogP contribution in [0.25, 0.3) is 11.0 Å². The van der Waals surface area contributed by atoms with Crippen molar-refractivity contribution in [1.29, 1.82) is 0 Å². The molecule has 0 aliphatic carbocycles. The van der Waals surface area contributed by atoms with Gasteiger partial charge in [-0.1, -0.05) is 0 Å². The fraction of sp³-hybridized carbons (Fsp3) is 0.538. The van der Waals surface area contributed by atoms with Crippen molar-refractivity contribution in [2.45, 2.75) is 19.3 Å². The molecule has 3 rings (SSSR count). The second kappa shape index (κ2) is 5.44. The quantitative estimate of drug-likeness (QED) is 0.630. The minimum Gasteiger partial charge on any atom is -0.397 e. The number of benzene rings is 1. The maximum absolute atomic E-state index is 5.81. The van der Waals surface area contributed by atoms with Gasteiger partial charge in [0, 0.05) is 6.54 Å². The van der Waals surface area contributed by atoms with Gasteiger partial charge in [0.2, 0.25) is 0 Å². The zero-order valence-electron chi connectivity index (χ0n) is 10.9. The SMILES string of the molecule is Nc1ccc(NCCCN2CCCC2)c2nonc12. The van der Waals surface area contributed by atoms with Crippen molar-refractivity contribution >= 4 is 22.4 Å². The number of rotatable bonds is 5. The summed E-state index contributed by atoms with van der Waals surface area (Å²) in [5.74, 6) is 0. The maximum atomic E-state index is 5.81. The molecule has 1 aliphatic heterocycles. The molecule has 102 valence electrons. The molecule has 6 heteroatoms. The third-order valence-electron chi connectivity index (χ3n) is 3.61. The number of fused-ring (bicyclic) bond motifs is 1. The molecule has 0 atom stereocenters. The monoisotopic (exact) mass is 261 g/mol. The second-order valence-corrected chi connectivity index (χ2v) is 4.99. The second-order valence-electron chi connectivity index (χ2n) is 4.99. The van der Waals surface area contributed by atoms with Crippen LogP contribution in [-0.4, -0.2) is 41.4 Å². The van der Waals surface area contributed by atoms with Gasteiger partial charge in [-0.05, 0) is 61.3 Å². The normalized spacial score (nSPS) is 16.2. The van der Waals surface area contributed by atoms with Crippen LogP contribution in [0.4, 0.5) is 11.4 Å². The molecule has 0 spiro atoms. The van der Waals surface area contributed by atoms with Crippen molar-refractivity contribution in [2.24, 2.45) is 0 Å². The molecule has 0 bridgehead atoms. The number of nitrogens with zero attached hydrogens (tertiary/aromatic N) is 3. The Morgan fingerprint density at radius 3 is 2.84 bits per heavy atom. The van der Waals surface area contributed by atoms with Crippen LogP contribution >= 0.6 is 0 Å². The molecular formula is C13H19N5O. The van der Waals surface area contributed by atoms with Gasteiger partial charge < -0.3 is 16.0 Å². The fourth-order valence-corrected chi connectivity index (χ4v) is 2.56. The summed E-state index contributed by atoms with van der Waals surface area (Å²) < 4.78 is 4.75. The van der Waals surface area contributed by atoms with E-state index >= 15 is 0 Å². The van der Waals surface area contributed by atoms with E-state index < -0.39 is 0 Å². The highest BCUT2D eigenvalue weighted by Crippen LogP contribution is 2.24. The number of nitrogens with one attached hydrogen (secondary N) is 1. The summed E-state index contributed by atoms with van der Waals surface area (Å²) in [5, 5.41) is 11.1. The van der Waals surface area contributed by atoms with E-state index in [0.29, 0.717) is 16.7 Å². The lowest BCUT2D eigenvalue weighted by Gasteiger charge is -2.14. The first kappa shape index (κ1) is 12.2. The van der Waals surface area contributed by atoms with E-state index in [1.807, 2.05) is 12.1 Å². The highest BCUT2D eigenvalue weighted by atomic mass is 16.6. The fourth-order valence-electron chi connectivity index (χ4n) is 2.56. The van der Waals surface area contributed by atoms with Gasteiger partial charge in [-0.2, -0.15) is 0 Å². The first-order valence-electron chi connectivity index (χ1n) is 6.81. The number of nitrogen functional groups attached to an aromatic ring is 1. The van der Waals surface area contributed by atoms with Crippen LogP contribution < -0.4 is 11.1 Å². The molecule has 0 radical (unpaired) electrons. The minimum atomic E-state index is 0.596. The summed E-state index contributed by atoms with van der Waals surface area (Å²) in [4.78, 5) is 2.51. The molecule has 2 aromatic rings. The molecule has 3 N–H and O–H groups in total. The van der Waals surface area contributed by atoms with Crippen LogP contribution in [0.2, 0.25) is 0 Å². The first-order chi connectivity index (χ1) is 9.34. The third kappa shape index (κ3) is 2.63. The van der Waals surface area contributed by atoms with Crippen LogP contribution in [0.5, 0.6) is 0 Å². The Labute approximate surface area is 111 Å². The largest absolute Gasteiger partial charge is 0.397 e. The molecule has 1 fully saturated rings. The lowest BCUT2D eigenvalue weighted by Crippen LogP contribution is -2.22. The summed E-state index contributed by atoms with van der Waals surface area (Å²) in [6, 6.07) is 3.76. The Hall–Kier alpha value is -1.82. The highest BCUT2D eigenvalue weighted by molar-refractivity contribution is 5.94. The van der Waals surface area contributed by atoms with Gasteiger partial charge in [-0.25, -0.2) is 4.63 Å². The number of aromatic nitrogens is 2. The molecule has 1 aromatic heterocycles. The van der Waals surface area contributed by atoms with Crippen LogP contribution in [0, 0.1) is 0 Å². The average molecular weight is 261 g/mol. The summed E-state index contributed by atoms with van der Waals surface area (Å²) in [6.45, 7) is 4.57. The Kier molecular flexibility index (Phi) is 3.50. The Morgan fingerprint density at radius 1 is 1.21 bits per heavy atom. The van der Waals surface area contributed by atoms with Gasteiger partial charge in [0.1, 0.15) is 0 Å². The molecular weight excluding hydrogens is 242 g/mol. The smallest absolute Gasteiger partial charge is 0.160 e. The average Bonchev–Trinajstić information content (AvgIpc) is 3.08. The number of hydrogen-bond donors (Lipinski definition) is 2. The molecule has 1 aliphatic rings. The number of nitrogens with two attached hydrogens (primary N) is 1. The molecule has 6 nitrogen and oxygen atoms in total. The van der Waals surface area contributed by atoms with Crippen LogP contribution in [0.3, 0.4) is 0 Å². The summed E-state index contributed by atoms with van der Waals surface area (Å²) in [7, 11) is 0. The van der Waals surface area contributed by atoms with Crippen molar-refractivity contribution in [3.05, 3.63) is 12.1 Å². The summed E-state index contributed by atoms with van der Waals surface area (Å²) in [6.07, 6.45) is 3.81. The van der Waals surface area contributed by atoms with Crippen LogP contribution in [0.1, 0.15) is 19.3 Å². The first-order valence-corrected chi connectivity index (χ1v) is 6.81. The van der Waals surface area contributed by atoms with Crippen molar-refractivity contribution < 1.29 is 4.63 Å². The van der Waals surface area contributed by atoms with Gasteiger partial charge in [0.15, 0.2) is 11.0 Å². The Balaban J connectivity index is 1.56. The zero-order chi connectivity index (χ0) is 13.1. The number of hydrogen-bond acceptors (Lipinski definition) is 6. The lowest BCUT2D eigenvalue weighted by atomic mass is 10.2. The maximum Gasteiger partial charge on any atom is 0.160 e. The molecule has 0 saturated carbocycles. The van der Waals surface area contributed by atoms with E-state index in [1.165, 1.54) is 25.9 Å². The number of anilines is 2. The Bertz CT molecular complexity index is 547. The topological polar surface area (TPSA) is 80.2 Å².